The van der Waals surface area contributed by atoms with Crippen LogP contribution in [0.1, 0.15) is 33.6 Å². The van der Waals surface area contributed by atoms with Crippen LogP contribution in [0.25, 0.3) is 0 Å². The molecule has 0 aliphatic carbocycles. The Kier molecular flexibility index (Phi) is 6.52. The van der Waals surface area contributed by atoms with E-state index in [2.05, 4.69) is 5.32 Å². The first-order valence-corrected chi connectivity index (χ1v) is 7.01. The van der Waals surface area contributed by atoms with Crippen molar-refractivity contribution in [2.75, 3.05) is 13.2 Å². The number of rotatable bonds is 7. The van der Waals surface area contributed by atoms with E-state index >= 15 is 0 Å². The molecule has 4 nitrogen and oxygen atoms in total. The van der Waals surface area contributed by atoms with Crippen molar-refractivity contribution in [1.29, 1.82) is 0 Å². The first kappa shape index (κ1) is 16.5. The molecule has 0 spiro atoms. The van der Waals surface area contributed by atoms with E-state index in [0.717, 1.165) is 5.75 Å². The third kappa shape index (κ3) is 6.06. The summed E-state index contributed by atoms with van der Waals surface area (Å²) >= 11 is 0. The van der Waals surface area contributed by atoms with Crippen molar-refractivity contribution in [3.63, 3.8) is 0 Å². The van der Waals surface area contributed by atoms with Crippen LogP contribution in [0.15, 0.2) is 30.3 Å². The summed E-state index contributed by atoms with van der Waals surface area (Å²) < 4.78 is 5.49. The molecule has 0 saturated heterocycles. The fraction of sp³-hybridized carbons (Fsp3) is 0.562. The number of hydrogen-bond donors (Lipinski definition) is 2. The number of ether oxygens (including phenoxy) is 1. The molecule has 0 aliphatic heterocycles. The standard InChI is InChI=1S/C16H25NO3/c1-16(2,3)14(9-11-18)17-15(19)10-12-20-13-7-5-4-6-8-13/h4-8,14,18H,9-12H2,1-3H3,(H,17,19). The van der Waals surface area contributed by atoms with Crippen molar-refractivity contribution < 1.29 is 14.6 Å². The first-order valence-electron chi connectivity index (χ1n) is 7.01. The number of carbonyl (C=O) groups is 1. The van der Waals surface area contributed by atoms with Gasteiger partial charge in [0.1, 0.15) is 5.75 Å². The molecule has 0 aliphatic rings. The molecular formula is C16H25NO3. The predicted octanol–water partition coefficient (Wildman–Crippen LogP) is 2.37. The summed E-state index contributed by atoms with van der Waals surface area (Å²) in [5.41, 5.74) is -0.0708. The number of hydrogen-bond acceptors (Lipinski definition) is 3. The molecule has 0 heterocycles. The highest BCUT2D eigenvalue weighted by Crippen LogP contribution is 2.21. The lowest BCUT2D eigenvalue weighted by Gasteiger charge is -2.31. The number of carbonyl (C=O) groups excluding carboxylic acids is 1. The third-order valence-corrected chi connectivity index (χ3v) is 3.14. The van der Waals surface area contributed by atoms with E-state index in [0.29, 0.717) is 19.4 Å². The molecule has 1 aromatic rings. The number of amides is 1. The van der Waals surface area contributed by atoms with Gasteiger partial charge >= 0.3 is 0 Å². The van der Waals surface area contributed by atoms with E-state index in [4.69, 9.17) is 9.84 Å². The molecule has 0 bridgehead atoms. The second kappa shape index (κ2) is 7.90. The van der Waals surface area contributed by atoms with Gasteiger partial charge in [-0.1, -0.05) is 39.0 Å². The van der Waals surface area contributed by atoms with E-state index in [-0.39, 0.29) is 24.0 Å². The van der Waals surface area contributed by atoms with Crippen molar-refractivity contribution in [3.8, 4) is 5.75 Å². The summed E-state index contributed by atoms with van der Waals surface area (Å²) in [7, 11) is 0. The predicted molar refractivity (Wildman–Crippen MR) is 79.6 cm³/mol. The SMILES string of the molecule is CC(C)(C)C(CCO)NC(=O)CCOc1ccccc1. The average Bonchev–Trinajstić information content (AvgIpc) is 2.38. The number of para-hydroxylation sites is 1. The largest absolute Gasteiger partial charge is 0.493 e. The lowest BCUT2D eigenvalue weighted by atomic mass is 9.85. The van der Waals surface area contributed by atoms with Crippen LogP contribution in [0, 0.1) is 5.41 Å². The summed E-state index contributed by atoms with van der Waals surface area (Å²) in [4.78, 5) is 11.9. The lowest BCUT2D eigenvalue weighted by Crippen LogP contribution is -2.44. The van der Waals surface area contributed by atoms with Crippen molar-refractivity contribution >= 4 is 5.91 Å². The van der Waals surface area contributed by atoms with Gasteiger partial charge in [0.05, 0.1) is 13.0 Å². The molecule has 1 atom stereocenters. The van der Waals surface area contributed by atoms with Gasteiger partial charge in [0.25, 0.3) is 0 Å². The minimum Gasteiger partial charge on any atom is -0.493 e. The van der Waals surface area contributed by atoms with Crippen LogP contribution in [0.2, 0.25) is 0 Å². The Balaban J connectivity index is 2.35. The summed E-state index contributed by atoms with van der Waals surface area (Å²) in [5, 5.41) is 12.0. The highest BCUT2D eigenvalue weighted by Gasteiger charge is 2.25. The third-order valence-electron chi connectivity index (χ3n) is 3.14. The number of nitrogens with one attached hydrogen (secondary N) is 1. The smallest absolute Gasteiger partial charge is 0.223 e. The van der Waals surface area contributed by atoms with Gasteiger partial charge in [-0.15, -0.1) is 0 Å². The summed E-state index contributed by atoms with van der Waals surface area (Å²) in [6.07, 6.45) is 0.877. The molecule has 0 aromatic heterocycles. The number of aliphatic hydroxyl groups excluding tert-OH is 1. The average molecular weight is 279 g/mol. The maximum absolute atomic E-state index is 11.9. The molecule has 0 fully saturated rings. The second-order valence-corrected chi connectivity index (χ2v) is 5.91. The van der Waals surface area contributed by atoms with E-state index in [1.54, 1.807) is 0 Å². The molecule has 4 heteroatoms. The van der Waals surface area contributed by atoms with Gasteiger partial charge in [0.15, 0.2) is 0 Å². The lowest BCUT2D eigenvalue weighted by molar-refractivity contribution is -0.123. The van der Waals surface area contributed by atoms with Gasteiger partial charge < -0.3 is 15.2 Å². The van der Waals surface area contributed by atoms with E-state index < -0.39 is 0 Å². The molecule has 112 valence electrons. The van der Waals surface area contributed by atoms with Crippen molar-refractivity contribution in [1.82, 2.24) is 5.32 Å². The van der Waals surface area contributed by atoms with E-state index in [9.17, 15) is 4.79 Å². The van der Waals surface area contributed by atoms with Gasteiger partial charge in [-0.25, -0.2) is 0 Å². The second-order valence-electron chi connectivity index (χ2n) is 5.91. The number of benzene rings is 1. The molecule has 1 unspecified atom stereocenters. The maximum atomic E-state index is 11.9. The summed E-state index contributed by atoms with van der Waals surface area (Å²) in [6.45, 7) is 6.57. The minimum atomic E-state index is -0.0708. The molecule has 1 rings (SSSR count). The fourth-order valence-corrected chi connectivity index (χ4v) is 1.90. The van der Waals surface area contributed by atoms with E-state index in [1.807, 2.05) is 51.1 Å². The first-order chi connectivity index (χ1) is 9.43. The molecular weight excluding hydrogens is 254 g/mol. The molecule has 0 saturated carbocycles. The normalized spacial score (nSPS) is 12.8. The van der Waals surface area contributed by atoms with Crippen molar-refractivity contribution in [2.24, 2.45) is 5.41 Å². The molecule has 20 heavy (non-hydrogen) atoms. The zero-order valence-electron chi connectivity index (χ0n) is 12.6. The van der Waals surface area contributed by atoms with Crippen LogP contribution in [0.3, 0.4) is 0 Å². The highest BCUT2D eigenvalue weighted by atomic mass is 16.5. The zero-order valence-corrected chi connectivity index (χ0v) is 12.6. The molecule has 2 N–H and O–H groups in total. The molecule has 0 radical (unpaired) electrons. The van der Waals surface area contributed by atoms with Gasteiger partial charge in [-0.05, 0) is 24.0 Å². The Labute approximate surface area is 121 Å². The fourth-order valence-electron chi connectivity index (χ4n) is 1.90. The van der Waals surface area contributed by atoms with Crippen LogP contribution in [0.4, 0.5) is 0 Å². The Morgan fingerprint density at radius 3 is 2.50 bits per heavy atom. The Morgan fingerprint density at radius 1 is 1.30 bits per heavy atom. The summed E-state index contributed by atoms with van der Waals surface area (Å²) in [5.74, 6) is 0.720. The topological polar surface area (TPSA) is 58.6 Å². The Hall–Kier alpha value is -1.55. The van der Waals surface area contributed by atoms with Crippen LogP contribution >= 0.6 is 0 Å². The minimum absolute atomic E-state index is 0.0308. The highest BCUT2D eigenvalue weighted by molar-refractivity contribution is 5.76. The van der Waals surface area contributed by atoms with Crippen LogP contribution in [-0.2, 0) is 4.79 Å². The molecule has 1 aromatic carbocycles. The number of aliphatic hydroxyl groups is 1. The van der Waals surface area contributed by atoms with E-state index in [1.165, 1.54) is 0 Å². The maximum Gasteiger partial charge on any atom is 0.223 e. The zero-order chi connectivity index (χ0) is 15.0. The van der Waals surface area contributed by atoms with Gasteiger partial charge in [0, 0.05) is 12.6 Å². The Morgan fingerprint density at radius 2 is 1.95 bits per heavy atom. The van der Waals surface area contributed by atoms with Gasteiger partial charge in [-0.2, -0.15) is 0 Å². The molecule has 1 amide bonds. The summed E-state index contributed by atoms with van der Waals surface area (Å²) in [6, 6.07) is 9.40. The van der Waals surface area contributed by atoms with Crippen molar-refractivity contribution in [3.05, 3.63) is 30.3 Å². The van der Waals surface area contributed by atoms with Crippen LogP contribution < -0.4 is 10.1 Å². The van der Waals surface area contributed by atoms with Crippen LogP contribution in [0.5, 0.6) is 5.75 Å². The van der Waals surface area contributed by atoms with Crippen LogP contribution in [-0.4, -0.2) is 30.3 Å². The quantitative estimate of drug-likeness (QED) is 0.805. The van der Waals surface area contributed by atoms with Gasteiger partial charge in [-0.3, -0.25) is 4.79 Å². The monoisotopic (exact) mass is 279 g/mol. The Bertz CT molecular complexity index is 398. The van der Waals surface area contributed by atoms with Crippen molar-refractivity contribution in [2.45, 2.75) is 39.7 Å². The van der Waals surface area contributed by atoms with Gasteiger partial charge in [0.2, 0.25) is 5.91 Å².